The zero-order chi connectivity index (χ0) is 23.5. The monoisotopic (exact) mass is 522 g/mol. The Morgan fingerprint density at radius 3 is 2.18 bits per heavy atom. The van der Waals surface area contributed by atoms with Crippen LogP contribution < -0.4 is 0 Å². The fourth-order valence-corrected chi connectivity index (χ4v) is 6.87. The SMILES string of the molecule is O=P(OC1=Nc2ccc(Cl)cc2C(c2ccccc2Cl)=NC1)(N1CCOCC1)N1CCOCC1. The Morgan fingerprint density at radius 2 is 1.53 bits per heavy atom. The molecule has 8 nitrogen and oxygen atoms in total. The van der Waals surface area contributed by atoms with E-state index in [4.69, 9.17) is 47.2 Å². The van der Waals surface area contributed by atoms with Crippen molar-refractivity contribution in [3.63, 3.8) is 0 Å². The minimum atomic E-state index is -3.43. The lowest BCUT2D eigenvalue weighted by molar-refractivity contribution is 0.0440. The lowest BCUT2D eigenvalue weighted by Crippen LogP contribution is -2.44. The minimum Gasteiger partial charge on any atom is -0.405 e. The Hall–Kier alpha value is -1.77. The van der Waals surface area contributed by atoms with Gasteiger partial charge in [0.1, 0.15) is 6.54 Å². The van der Waals surface area contributed by atoms with Crippen LogP contribution in [-0.2, 0) is 18.6 Å². The first-order chi connectivity index (χ1) is 16.5. The van der Waals surface area contributed by atoms with Gasteiger partial charge in [-0.2, -0.15) is 0 Å². The largest absolute Gasteiger partial charge is 0.405 e. The molecule has 2 fully saturated rings. The van der Waals surface area contributed by atoms with Crippen LogP contribution in [0.15, 0.2) is 52.4 Å². The predicted molar refractivity (Wildman–Crippen MR) is 134 cm³/mol. The first-order valence-corrected chi connectivity index (χ1v) is 13.5. The van der Waals surface area contributed by atoms with Crippen molar-refractivity contribution < 1.29 is 18.6 Å². The molecule has 0 saturated carbocycles. The molecule has 3 aliphatic heterocycles. The van der Waals surface area contributed by atoms with Gasteiger partial charge in [-0.3, -0.25) is 4.99 Å². The fourth-order valence-electron chi connectivity index (χ4n) is 4.17. The lowest BCUT2D eigenvalue weighted by atomic mass is 10.0. The summed E-state index contributed by atoms with van der Waals surface area (Å²) in [5.74, 6) is 0.284. The summed E-state index contributed by atoms with van der Waals surface area (Å²) in [7, 11) is -3.43. The quantitative estimate of drug-likeness (QED) is 0.543. The van der Waals surface area contributed by atoms with E-state index in [-0.39, 0.29) is 12.4 Å². The molecule has 0 spiro atoms. The molecular formula is C23H25Cl2N4O4P. The summed E-state index contributed by atoms with van der Waals surface area (Å²) in [5, 5.41) is 1.13. The Morgan fingerprint density at radius 1 is 0.882 bits per heavy atom. The predicted octanol–water partition coefficient (Wildman–Crippen LogP) is 4.66. The summed E-state index contributed by atoms with van der Waals surface area (Å²) >= 11 is 12.8. The summed E-state index contributed by atoms with van der Waals surface area (Å²) in [6.07, 6.45) is 0. The van der Waals surface area contributed by atoms with E-state index < -0.39 is 7.67 Å². The molecule has 180 valence electrons. The molecule has 0 amide bonds. The summed E-state index contributed by atoms with van der Waals surface area (Å²) in [5.41, 5.74) is 2.81. The number of hydrogen-bond donors (Lipinski definition) is 0. The van der Waals surface area contributed by atoms with E-state index in [1.165, 1.54) is 0 Å². The number of fused-ring (bicyclic) bond motifs is 1. The van der Waals surface area contributed by atoms with Crippen LogP contribution in [-0.4, -0.2) is 80.1 Å². The van der Waals surface area contributed by atoms with Gasteiger partial charge in [-0.1, -0.05) is 41.4 Å². The number of aliphatic imine (C=N–C) groups is 2. The Bertz CT molecular complexity index is 1140. The van der Waals surface area contributed by atoms with Gasteiger partial charge in [0, 0.05) is 47.4 Å². The van der Waals surface area contributed by atoms with Crippen molar-refractivity contribution in [1.82, 2.24) is 9.34 Å². The van der Waals surface area contributed by atoms with Gasteiger partial charge in [-0.05, 0) is 24.3 Å². The van der Waals surface area contributed by atoms with Crippen molar-refractivity contribution in [1.29, 1.82) is 0 Å². The van der Waals surface area contributed by atoms with Crippen molar-refractivity contribution in [2.75, 3.05) is 59.2 Å². The molecule has 0 bridgehead atoms. The molecule has 2 aromatic rings. The average molecular weight is 523 g/mol. The van der Waals surface area contributed by atoms with Gasteiger partial charge in [0.15, 0.2) is 0 Å². The number of morpholine rings is 2. The zero-order valence-electron chi connectivity index (χ0n) is 18.5. The second-order valence-electron chi connectivity index (χ2n) is 8.03. The van der Waals surface area contributed by atoms with Crippen LogP contribution in [0.5, 0.6) is 0 Å². The maximum absolute atomic E-state index is 14.4. The van der Waals surface area contributed by atoms with E-state index in [0.29, 0.717) is 74.1 Å². The van der Waals surface area contributed by atoms with E-state index in [1.807, 2.05) is 45.7 Å². The fraction of sp³-hybridized carbons (Fsp3) is 0.391. The second kappa shape index (κ2) is 10.5. The van der Waals surface area contributed by atoms with Crippen molar-refractivity contribution >= 4 is 48.2 Å². The number of nitrogens with zero attached hydrogens (tertiary/aromatic N) is 4. The highest BCUT2D eigenvalue weighted by atomic mass is 35.5. The Labute approximate surface area is 208 Å². The first kappa shape index (κ1) is 23.9. The first-order valence-electron chi connectivity index (χ1n) is 11.2. The minimum absolute atomic E-state index is 0.117. The average Bonchev–Trinajstić information content (AvgIpc) is 3.04. The van der Waals surface area contributed by atoms with Crippen LogP contribution in [0.1, 0.15) is 11.1 Å². The standard InChI is InChI=1S/C23H25Cl2N4O4P/c24-17-5-6-21-19(15-17)23(18-3-1-2-4-20(18)25)26-16-22(27-21)33-34(30,28-7-11-31-12-8-28)29-9-13-32-14-10-29/h1-6,15H,7-14,16H2. The van der Waals surface area contributed by atoms with E-state index in [0.717, 1.165) is 11.1 Å². The van der Waals surface area contributed by atoms with Gasteiger partial charge in [0.2, 0.25) is 5.90 Å². The van der Waals surface area contributed by atoms with Crippen LogP contribution in [0, 0.1) is 0 Å². The molecule has 0 aliphatic carbocycles. The molecule has 3 heterocycles. The molecule has 5 rings (SSSR count). The van der Waals surface area contributed by atoms with E-state index in [2.05, 4.69) is 0 Å². The number of rotatable bonds is 4. The Kier molecular flexibility index (Phi) is 7.37. The third-order valence-electron chi connectivity index (χ3n) is 5.87. The molecule has 2 aromatic carbocycles. The molecule has 0 radical (unpaired) electrons. The third-order valence-corrected chi connectivity index (χ3v) is 9.12. The molecule has 0 aromatic heterocycles. The highest BCUT2D eigenvalue weighted by Crippen LogP contribution is 2.55. The summed E-state index contributed by atoms with van der Waals surface area (Å²) in [4.78, 5) is 9.55. The lowest BCUT2D eigenvalue weighted by Gasteiger charge is -2.40. The van der Waals surface area contributed by atoms with Crippen molar-refractivity contribution in [2.24, 2.45) is 9.98 Å². The van der Waals surface area contributed by atoms with E-state index in [9.17, 15) is 4.57 Å². The summed E-state index contributed by atoms with van der Waals surface area (Å²) in [6.45, 7) is 4.18. The van der Waals surface area contributed by atoms with E-state index in [1.54, 1.807) is 6.07 Å². The van der Waals surface area contributed by atoms with Crippen LogP contribution in [0.4, 0.5) is 5.69 Å². The maximum Gasteiger partial charge on any atom is 0.397 e. The molecule has 3 aliphatic rings. The van der Waals surface area contributed by atoms with Crippen molar-refractivity contribution in [2.45, 2.75) is 0 Å². The number of halogens is 2. The summed E-state index contributed by atoms with van der Waals surface area (Å²) in [6, 6.07) is 12.9. The Balaban J connectivity index is 1.53. The summed E-state index contributed by atoms with van der Waals surface area (Å²) < 4.78 is 35.4. The van der Waals surface area contributed by atoms with Gasteiger partial charge < -0.3 is 14.0 Å². The van der Waals surface area contributed by atoms with Gasteiger partial charge in [-0.25, -0.2) is 18.9 Å². The number of ether oxygens (including phenoxy) is 2. The van der Waals surface area contributed by atoms with Gasteiger partial charge in [0.25, 0.3) is 0 Å². The van der Waals surface area contributed by atoms with Gasteiger partial charge in [-0.15, -0.1) is 0 Å². The topological polar surface area (TPSA) is 76.0 Å². The molecule has 11 heteroatoms. The zero-order valence-corrected chi connectivity index (χ0v) is 20.9. The van der Waals surface area contributed by atoms with Gasteiger partial charge in [0.05, 0.1) is 37.8 Å². The van der Waals surface area contributed by atoms with Gasteiger partial charge >= 0.3 is 7.67 Å². The molecule has 0 unspecified atom stereocenters. The third kappa shape index (κ3) is 4.95. The second-order valence-corrected chi connectivity index (χ2v) is 11.2. The van der Waals surface area contributed by atoms with Crippen LogP contribution in [0.25, 0.3) is 0 Å². The number of hydrogen-bond acceptors (Lipinski definition) is 6. The molecule has 2 saturated heterocycles. The van der Waals surface area contributed by atoms with Crippen LogP contribution >= 0.6 is 30.9 Å². The number of benzene rings is 2. The van der Waals surface area contributed by atoms with Crippen LogP contribution in [0.2, 0.25) is 10.0 Å². The van der Waals surface area contributed by atoms with Crippen LogP contribution in [0.3, 0.4) is 0 Å². The smallest absolute Gasteiger partial charge is 0.397 e. The highest BCUT2D eigenvalue weighted by Gasteiger charge is 2.42. The normalized spacial score (nSPS) is 20.2. The molecule has 0 atom stereocenters. The maximum atomic E-state index is 14.4. The van der Waals surface area contributed by atoms with Crippen molar-refractivity contribution in [3.05, 3.63) is 63.6 Å². The molecule has 0 N–H and O–H groups in total. The van der Waals surface area contributed by atoms with Crippen molar-refractivity contribution in [3.8, 4) is 0 Å². The highest BCUT2D eigenvalue weighted by molar-refractivity contribution is 7.54. The molecule has 34 heavy (non-hydrogen) atoms. The van der Waals surface area contributed by atoms with E-state index >= 15 is 0 Å². The molecular weight excluding hydrogens is 498 g/mol.